The maximum atomic E-state index is 7.14. The third-order valence-corrected chi connectivity index (χ3v) is 3.15. The van der Waals surface area contributed by atoms with Gasteiger partial charge in [0.1, 0.15) is 0 Å². The molecule has 0 N–H and O–H groups in total. The van der Waals surface area contributed by atoms with Gasteiger partial charge in [0.2, 0.25) is 6.04 Å². The highest BCUT2D eigenvalue weighted by Gasteiger charge is 2.34. The van der Waals surface area contributed by atoms with Crippen molar-refractivity contribution in [2.24, 2.45) is 17.8 Å². The van der Waals surface area contributed by atoms with Crippen molar-refractivity contribution in [3.63, 3.8) is 0 Å². The Hall–Kier alpha value is -0.510. The predicted octanol–water partition coefficient (Wildman–Crippen LogP) is 3.37. The third-order valence-electron chi connectivity index (χ3n) is 3.15. The molecule has 1 saturated carbocycles. The molecule has 0 amide bonds. The van der Waals surface area contributed by atoms with Crippen molar-refractivity contribution >= 4 is 0 Å². The van der Waals surface area contributed by atoms with E-state index in [1.54, 1.807) is 0 Å². The lowest BCUT2D eigenvalue weighted by Crippen LogP contribution is -2.29. The summed E-state index contributed by atoms with van der Waals surface area (Å²) in [7, 11) is 0. The Bertz CT molecular complexity index is 178. The molecule has 1 heteroatoms. The first kappa shape index (κ1) is 9.58. The van der Waals surface area contributed by atoms with Crippen LogP contribution in [0, 0.1) is 24.3 Å². The zero-order valence-electron chi connectivity index (χ0n) is 8.38. The average molecular weight is 165 g/mol. The Morgan fingerprint density at radius 3 is 2.50 bits per heavy atom. The van der Waals surface area contributed by atoms with Crippen molar-refractivity contribution in [2.75, 3.05) is 0 Å². The van der Waals surface area contributed by atoms with Crippen molar-refractivity contribution in [1.29, 1.82) is 0 Å². The molecule has 0 unspecified atom stereocenters. The van der Waals surface area contributed by atoms with Gasteiger partial charge in [-0.15, -0.1) is 0 Å². The van der Waals surface area contributed by atoms with Crippen LogP contribution in [0.3, 0.4) is 0 Å². The number of nitrogens with zero attached hydrogens (tertiary/aromatic N) is 1. The maximum Gasteiger partial charge on any atom is 0.227 e. The van der Waals surface area contributed by atoms with E-state index in [2.05, 4.69) is 25.6 Å². The Balaban J connectivity index is 2.58. The minimum Gasteiger partial charge on any atom is -0.313 e. The van der Waals surface area contributed by atoms with Gasteiger partial charge < -0.3 is 4.85 Å². The van der Waals surface area contributed by atoms with Crippen LogP contribution < -0.4 is 0 Å². The fourth-order valence-corrected chi connectivity index (χ4v) is 2.30. The molecule has 1 aliphatic carbocycles. The molecule has 0 saturated heterocycles. The van der Waals surface area contributed by atoms with Crippen LogP contribution in [0.1, 0.15) is 40.0 Å². The van der Waals surface area contributed by atoms with Crippen LogP contribution in [0.15, 0.2) is 0 Å². The number of hydrogen-bond donors (Lipinski definition) is 0. The van der Waals surface area contributed by atoms with Gasteiger partial charge >= 0.3 is 0 Å². The molecular formula is C11H19N. The van der Waals surface area contributed by atoms with Crippen LogP contribution >= 0.6 is 0 Å². The van der Waals surface area contributed by atoms with E-state index in [9.17, 15) is 0 Å². The first-order valence-electron chi connectivity index (χ1n) is 5.01. The standard InChI is InChI=1S/C11H19N/c1-8(2)10-6-5-9(3)7-11(10)12-4/h8-11H,5-7H2,1-3H3/t9-,10+,11+/m1/s1. The predicted molar refractivity (Wildman–Crippen MR) is 51.7 cm³/mol. The zero-order chi connectivity index (χ0) is 9.14. The van der Waals surface area contributed by atoms with E-state index < -0.39 is 0 Å². The minimum atomic E-state index is 0.314. The summed E-state index contributed by atoms with van der Waals surface area (Å²) >= 11 is 0. The van der Waals surface area contributed by atoms with Gasteiger partial charge in [-0.25, -0.2) is 6.57 Å². The molecule has 0 aromatic carbocycles. The normalized spacial score (nSPS) is 36.4. The molecule has 1 nitrogen and oxygen atoms in total. The third kappa shape index (κ3) is 2.00. The Kier molecular flexibility index (Phi) is 3.14. The van der Waals surface area contributed by atoms with Gasteiger partial charge in [-0.3, -0.25) is 0 Å². The fourth-order valence-electron chi connectivity index (χ4n) is 2.30. The first-order valence-corrected chi connectivity index (χ1v) is 5.01. The molecule has 3 atom stereocenters. The van der Waals surface area contributed by atoms with Crippen LogP contribution in [-0.2, 0) is 0 Å². The number of hydrogen-bond acceptors (Lipinski definition) is 0. The first-order chi connectivity index (χ1) is 5.65. The van der Waals surface area contributed by atoms with Crippen LogP contribution in [0.25, 0.3) is 4.85 Å². The summed E-state index contributed by atoms with van der Waals surface area (Å²) < 4.78 is 0. The van der Waals surface area contributed by atoms with E-state index in [1.165, 1.54) is 12.8 Å². The molecule has 0 aliphatic heterocycles. The van der Waals surface area contributed by atoms with E-state index >= 15 is 0 Å². The van der Waals surface area contributed by atoms with Gasteiger partial charge in [-0.1, -0.05) is 20.8 Å². The highest BCUT2D eigenvalue weighted by atomic mass is 14.7. The summed E-state index contributed by atoms with van der Waals surface area (Å²) in [5.41, 5.74) is 0. The van der Waals surface area contributed by atoms with Crippen LogP contribution in [0.2, 0.25) is 0 Å². The van der Waals surface area contributed by atoms with E-state index in [0.29, 0.717) is 17.9 Å². The van der Waals surface area contributed by atoms with Crippen molar-refractivity contribution in [2.45, 2.75) is 46.1 Å². The summed E-state index contributed by atoms with van der Waals surface area (Å²) in [6, 6.07) is 0.314. The topological polar surface area (TPSA) is 4.36 Å². The average Bonchev–Trinajstić information content (AvgIpc) is 2.03. The van der Waals surface area contributed by atoms with Gasteiger partial charge in [0, 0.05) is 12.3 Å². The second kappa shape index (κ2) is 3.94. The quantitative estimate of drug-likeness (QED) is 0.525. The molecule has 1 rings (SSSR count). The molecular weight excluding hydrogens is 146 g/mol. The maximum absolute atomic E-state index is 7.14. The lowest BCUT2D eigenvalue weighted by atomic mass is 9.74. The van der Waals surface area contributed by atoms with Gasteiger partial charge in [-0.2, -0.15) is 0 Å². The van der Waals surface area contributed by atoms with Crippen molar-refractivity contribution < 1.29 is 0 Å². The minimum absolute atomic E-state index is 0.314. The molecule has 1 fully saturated rings. The van der Waals surface area contributed by atoms with Gasteiger partial charge in [0.15, 0.2) is 0 Å². The van der Waals surface area contributed by atoms with Crippen LogP contribution in [-0.4, -0.2) is 6.04 Å². The summed E-state index contributed by atoms with van der Waals surface area (Å²) in [5.74, 6) is 2.13. The highest BCUT2D eigenvalue weighted by Crippen LogP contribution is 2.35. The van der Waals surface area contributed by atoms with E-state index in [0.717, 1.165) is 12.3 Å². The van der Waals surface area contributed by atoms with Crippen LogP contribution in [0.4, 0.5) is 0 Å². The second-order valence-corrected chi connectivity index (χ2v) is 4.52. The van der Waals surface area contributed by atoms with Crippen molar-refractivity contribution in [1.82, 2.24) is 0 Å². The lowest BCUT2D eigenvalue weighted by molar-refractivity contribution is 0.221. The summed E-state index contributed by atoms with van der Waals surface area (Å²) in [5, 5.41) is 0. The van der Waals surface area contributed by atoms with Gasteiger partial charge in [0.25, 0.3) is 0 Å². The number of rotatable bonds is 1. The molecule has 1 aliphatic rings. The monoisotopic (exact) mass is 165 g/mol. The smallest absolute Gasteiger partial charge is 0.227 e. The van der Waals surface area contributed by atoms with Crippen molar-refractivity contribution in [3.8, 4) is 0 Å². The fraction of sp³-hybridized carbons (Fsp3) is 0.909. The van der Waals surface area contributed by atoms with E-state index in [1.807, 2.05) is 0 Å². The van der Waals surface area contributed by atoms with Crippen LogP contribution in [0.5, 0.6) is 0 Å². The molecule has 68 valence electrons. The van der Waals surface area contributed by atoms with E-state index in [4.69, 9.17) is 6.57 Å². The Morgan fingerprint density at radius 1 is 1.33 bits per heavy atom. The Labute approximate surface area is 76.0 Å². The molecule has 0 aromatic rings. The lowest BCUT2D eigenvalue weighted by Gasteiger charge is -2.29. The van der Waals surface area contributed by atoms with Crippen molar-refractivity contribution in [3.05, 3.63) is 11.4 Å². The molecule has 0 spiro atoms. The summed E-state index contributed by atoms with van der Waals surface area (Å²) in [6.45, 7) is 13.9. The summed E-state index contributed by atoms with van der Waals surface area (Å²) in [4.78, 5) is 3.75. The zero-order valence-corrected chi connectivity index (χ0v) is 8.38. The molecule has 0 heterocycles. The summed E-state index contributed by atoms with van der Waals surface area (Å²) in [6.07, 6.45) is 3.73. The highest BCUT2D eigenvalue weighted by molar-refractivity contribution is 4.92. The molecule has 0 radical (unpaired) electrons. The second-order valence-electron chi connectivity index (χ2n) is 4.52. The molecule has 0 aromatic heterocycles. The molecule has 12 heavy (non-hydrogen) atoms. The van der Waals surface area contributed by atoms with E-state index in [-0.39, 0.29) is 0 Å². The largest absolute Gasteiger partial charge is 0.313 e. The SMILES string of the molecule is [C-]#[N+][C@H]1C[C@H](C)CC[C@H]1C(C)C. The Morgan fingerprint density at radius 2 is 2.00 bits per heavy atom. The van der Waals surface area contributed by atoms with Gasteiger partial charge in [0.05, 0.1) is 0 Å². The van der Waals surface area contributed by atoms with Gasteiger partial charge in [-0.05, 0) is 24.7 Å². The molecule has 0 bridgehead atoms.